The van der Waals surface area contributed by atoms with Gasteiger partial charge in [0.15, 0.2) is 0 Å². The Morgan fingerprint density at radius 2 is 2.15 bits per heavy atom. The van der Waals surface area contributed by atoms with Gasteiger partial charge in [-0.2, -0.15) is 0 Å². The normalized spacial score (nSPS) is 10.4. The maximum absolute atomic E-state index is 5.64. The smallest absolute Gasteiger partial charge is 0.0226 e. The van der Waals surface area contributed by atoms with E-state index in [-0.39, 0.29) is 0 Å². The van der Waals surface area contributed by atoms with Crippen LogP contribution in [0, 0.1) is 0 Å². The molecular formula is C11H14BrCl. The van der Waals surface area contributed by atoms with Crippen molar-refractivity contribution in [1.29, 1.82) is 0 Å². The molecule has 0 heterocycles. The average molecular weight is 262 g/mol. The summed E-state index contributed by atoms with van der Waals surface area (Å²) in [6.45, 7) is 2.17. The van der Waals surface area contributed by atoms with Gasteiger partial charge in [0.05, 0.1) is 0 Å². The summed E-state index contributed by atoms with van der Waals surface area (Å²) in [4.78, 5) is 0. The zero-order valence-electron chi connectivity index (χ0n) is 7.82. The van der Waals surface area contributed by atoms with Crippen LogP contribution >= 0.6 is 27.5 Å². The number of alkyl halides is 1. The molecule has 0 atom stereocenters. The minimum Gasteiger partial charge on any atom is -0.127 e. The predicted molar refractivity (Wildman–Crippen MR) is 62.6 cm³/mol. The second-order valence-electron chi connectivity index (χ2n) is 3.07. The number of aryl methyl sites for hydroxylation is 2. The molecule has 0 unspecified atom stereocenters. The van der Waals surface area contributed by atoms with Gasteiger partial charge in [0, 0.05) is 10.4 Å². The van der Waals surface area contributed by atoms with Crippen LogP contribution in [0.15, 0.2) is 22.7 Å². The van der Waals surface area contributed by atoms with Crippen LogP contribution < -0.4 is 0 Å². The van der Waals surface area contributed by atoms with Crippen molar-refractivity contribution in [3.05, 3.63) is 33.8 Å². The molecule has 0 aromatic heterocycles. The number of benzene rings is 1. The van der Waals surface area contributed by atoms with Gasteiger partial charge >= 0.3 is 0 Å². The van der Waals surface area contributed by atoms with Crippen molar-refractivity contribution in [3.8, 4) is 0 Å². The summed E-state index contributed by atoms with van der Waals surface area (Å²) in [7, 11) is 0. The Labute approximate surface area is 93.4 Å². The first-order chi connectivity index (χ1) is 6.27. The van der Waals surface area contributed by atoms with E-state index in [1.54, 1.807) is 0 Å². The van der Waals surface area contributed by atoms with Gasteiger partial charge in [-0.15, -0.1) is 11.6 Å². The summed E-state index contributed by atoms with van der Waals surface area (Å²) in [5.41, 5.74) is 2.74. The predicted octanol–water partition coefficient (Wildman–Crippen LogP) is 4.18. The van der Waals surface area contributed by atoms with Crippen LogP contribution in [0.25, 0.3) is 0 Å². The maximum Gasteiger partial charge on any atom is 0.0226 e. The van der Waals surface area contributed by atoms with Gasteiger partial charge in [-0.3, -0.25) is 0 Å². The Bertz CT molecular complexity index is 271. The highest BCUT2D eigenvalue weighted by molar-refractivity contribution is 9.10. The number of rotatable bonds is 4. The second-order valence-corrected chi connectivity index (χ2v) is 4.30. The highest BCUT2D eigenvalue weighted by Gasteiger charge is 1.99. The molecule has 13 heavy (non-hydrogen) atoms. The lowest BCUT2D eigenvalue weighted by Crippen LogP contribution is -1.89. The lowest BCUT2D eigenvalue weighted by Gasteiger charge is -2.04. The quantitative estimate of drug-likeness (QED) is 0.713. The Morgan fingerprint density at radius 3 is 2.69 bits per heavy atom. The van der Waals surface area contributed by atoms with Gasteiger partial charge in [0.2, 0.25) is 0 Å². The molecule has 0 aliphatic rings. The molecule has 0 nitrogen and oxygen atoms in total. The summed E-state index contributed by atoms with van der Waals surface area (Å²) in [6, 6.07) is 6.58. The first kappa shape index (κ1) is 11.1. The second kappa shape index (κ2) is 5.66. The third-order valence-corrected chi connectivity index (χ3v) is 3.10. The molecule has 1 aromatic rings. The highest BCUT2D eigenvalue weighted by Crippen LogP contribution is 2.19. The Morgan fingerprint density at radius 1 is 1.38 bits per heavy atom. The summed E-state index contributed by atoms with van der Waals surface area (Å²) in [6.07, 6.45) is 3.21. The van der Waals surface area contributed by atoms with E-state index in [2.05, 4.69) is 41.1 Å². The molecular weight excluding hydrogens is 247 g/mol. The fourth-order valence-electron chi connectivity index (χ4n) is 1.30. The van der Waals surface area contributed by atoms with E-state index in [0.29, 0.717) is 0 Å². The van der Waals surface area contributed by atoms with Gasteiger partial charge in [0.1, 0.15) is 0 Å². The van der Waals surface area contributed by atoms with Gasteiger partial charge < -0.3 is 0 Å². The summed E-state index contributed by atoms with van der Waals surface area (Å²) in [5, 5.41) is 0. The van der Waals surface area contributed by atoms with Crippen LogP contribution in [-0.2, 0) is 12.8 Å². The van der Waals surface area contributed by atoms with Crippen molar-refractivity contribution in [2.75, 3.05) is 5.88 Å². The maximum atomic E-state index is 5.64. The van der Waals surface area contributed by atoms with Crippen molar-refractivity contribution in [1.82, 2.24) is 0 Å². The topological polar surface area (TPSA) is 0 Å². The Hall–Kier alpha value is -0.0100. The minimum absolute atomic E-state index is 0.743. The summed E-state index contributed by atoms with van der Waals surface area (Å²) < 4.78 is 1.22. The first-order valence-corrected chi connectivity index (χ1v) is 5.94. The molecule has 1 rings (SSSR count). The fourth-order valence-corrected chi connectivity index (χ4v) is 2.14. The van der Waals surface area contributed by atoms with Crippen LogP contribution in [0.4, 0.5) is 0 Å². The summed E-state index contributed by atoms with van der Waals surface area (Å²) in [5.74, 6) is 0.743. The molecule has 0 saturated heterocycles. The Kier molecular flexibility index (Phi) is 4.82. The van der Waals surface area contributed by atoms with Crippen LogP contribution in [0.3, 0.4) is 0 Å². The van der Waals surface area contributed by atoms with Gasteiger partial charge in [0.25, 0.3) is 0 Å². The highest BCUT2D eigenvalue weighted by atomic mass is 79.9. The number of hydrogen-bond acceptors (Lipinski definition) is 0. The van der Waals surface area contributed by atoms with Crippen molar-refractivity contribution in [2.45, 2.75) is 26.2 Å². The number of hydrogen-bond donors (Lipinski definition) is 0. The lowest BCUT2D eigenvalue weighted by molar-refractivity contribution is 0.925. The Balaban J connectivity index is 2.71. The molecule has 0 saturated carbocycles. The number of halogens is 2. The van der Waals surface area contributed by atoms with E-state index in [1.807, 2.05) is 0 Å². The molecule has 2 heteroatoms. The van der Waals surface area contributed by atoms with E-state index in [0.717, 1.165) is 25.1 Å². The zero-order valence-corrected chi connectivity index (χ0v) is 10.2. The van der Waals surface area contributed by atoms with E-state index in [1.165, 1.54) is 15.6 Å². The monoisotopic (exact) mass is 260 g/mol. The molecule has 0 fully saturated rings. The molecule has 0 N–H and O–H groups in total. The van der Waals surface area contributed by atoms with Gasteiger partial charge in [-0.05, 0) is 36.5 Å². The van der Waals surface area contributed by atoms with E-state index in [9.17, 15) is 0 Å². The molecule has 0 spiro atoms. The first-order valence-electron chi connectivity index (χ1n) is 4.61. The lowest BCUT2D eigenvalue weighted by atomic mass is 10.1. The molecule has 0 bridgehead atoms. The molecule has 0 radical (unpaired) electrons. The van der Waals surface area contributed by atoms with E-state index < -0.39 is 0 Å². The van der Waals surface area contributed by atoms with Crippen LogP contribution in [-0.4, -0.2) is 5.88 Å². The van der Waals surface area contributed by atoms with Crippen molar-refractivity contribution < 1.29 is 0 Å². The standard InChI is InChI=1S/C11H14BrCl/c1-2-10-6-5-9(4-3-7-13)8-11(10)12/h5-6,8H,2-4,7H2,1H3. The van der Waals surface area contributed by atoms with E-state index >= 15 is 0 Å². The average Bonchev–Trinajstić information content (AvgIpc) is 2.15. The van der Waals surface area contributed by atoms with Gasteiger partial charge in [-0.25, -0.2) is 0 Å². The van der Waals surface area contributed by atoms with Crippen LogP contribution in [0.5, 0.6) is 0 Å². The molecule has 72 valence electrons. The minimum atomic E-state index is 0.743. The zero-order chi connectivity index (χ0) is 9.68. The largest absolute Gasteiger partial charge is 0.127 e. The molecule has 1 aromatic carbocycles. The SMILES string of the molecule is CCc1ccc(CCCCl)cc1Br. The van der Waals surface area contributed by atoms with E-state index in [4.69, 9.17) is 11.6 Å². The summed E-state index contributed by atoms with van der Waals surface area (Å²) >= 11 is 9.20. The van der Waals surface area contributed by atoms with Crippen LogP contribution in [0.2, 0.25) is 0 Å². The third kappa shape index (κ3) is 3.32. The third-order valence-electron chi connectivity index (χ3n) is 2.10. The van der Waals surface area contributed by atoms with Crippen molar-refractivity contribution >= 4 is 27.5 Å². The molecule has 0 amide bonds. The molecule has 0 aliphatic heterocycles. The van der Waals surface area contributed by atoms with Gasteiger partial charge in [-0.1, -0.05) is 35.0 Å². The van der Waals surface area contributed by atoms with Crippen molar-refractivity contribution in [3.63, 3.8) is 0 Å². The van der Waals surface area contributed by atoms with Crippen LogP contribution in [0.1, 0.15) is 24.5 Å². The molecule has 0 aliphatic carbocycles. The van der Waals surface area contributed by atoms with Crippen molar-refractivity contribution in [2.24, 2.45) is 0 Å². The fraction of sp³-hybridized carbons (Fsp3) is 0.455.